The van der Waals surface area contributed by atoms with Crippen LogP contribution in [0.3, 0.4) is 0 Å². The third kappa shape index (κ3) is 11.7. The molecule has 2 atom stereocenters. The maximum Gasteiger partial charge on any atom is 0.404 e. The quantitative estimate of drug-likeness (QED) is 0.209. The van der Waals surface area contributed by atoms with Gasteiger partial charge in [-0.05, 0) is 74.4 Å². The lowest BCUT2D eigenvalue weighted by molar-refractivity contribution is -0.227. The van der Waals surface area contributed by atoms with Crippen LogP contribution in [0.1, 0.15) is 79.2 Å². The van der Waals surface area contributed by atoms with Gasteiger partial charge < -0.3 is 14.9 Å². The van der Waals surface area contributed by atoms with Crippen molar-refractivity contribution in [1.82, 2.24) is 0 Å². The Hall–Kier alpha value is -2.86. The summed E-state index contributed by atoms with van der Waals surface area (Å²) < 4.78 is 69.6. The molecule has 12 heteroatoms. The van der Waals surface area contributed by atoms with Crippen LogP contribution in [-0.2, 0) is 24.4 Å². The van der Waals surface area contributed by atoms with E-state index in [9.17, 15) is 36.3 Å². The Balaban J connectivity index is 0.000000579. The molecule has 2 rings (SSSR count). The van der Waals surface area contributed by atoms with Gasteiger partial charge in [-0.15, -0.1) is 0 Å². The van der Waals surface area contributed by atoms with Crippen molar-refractivity contribution in [3.05, 3.63) is 42.0 Å². The molecule has 0 saturated heterocycles. The number of aliphatic carboxylic acids is 1. The molecule has 0 bridgehead atoms. The average molecular weight is 595 g/mol. The molecule has 0 aromatic heterocycles. The normalized spacial score (nSPS) is 14.1. The number of phenols is 1. The van der Waals surface area contributed by atoms with E-state index in [2.05, 4.69) is 32.0 Å². The molecule has 0 fully saturated rings. The van der Waals surface area contributed by atoms with E-state index < -0.39 is 51.2 Å². The molecule has 228 valence electrons. The summed E-state index contributed by atoms with van der Waals surface area (Å²) in [6, 6.07) is 11.9. The third-order valence-corrected chi connectivity index (χ3v) is 7.53. The predicted octanol–water partition coefficient (Wildman–Crippen LogP) is 6.96. The largest absolute Gasteiger partial charge is 0.508 e. The number of esters is 1. The molecule has 0 radical (unpaired) electrons. The first-order chi connectivity index (χ1) is 18.1. The smallest absolute Gasteiger partial charge is 0.404 e. The highest BCUT2D eigenvalue weighted by molar-refractivity contribution is 7.85. The number of alkyl halides is 3. The number of ether oxygens (including phenoxy) is 1. The van der Waals surface area contributed by atoms with Crippen molar-refractivity contribution >= 4 is 32.8 Å². The van der Waals surface area contributed by atoms with E-state index in [4.69, 9.17) is 14.4 Å². The number of carbonyl (C=O) groups is 2. The van der Waals surface area contributed by atoms with Crippen molar-refractivity contribution in [2.45, 2.75) is 79.8 Å². The summed E-state index contributed by atoms with van der Waals surface area (Å²) >= 11 is 0. The molecule has 3 N–H and O–H groups in total. The van der Waals surface area contributed by atoms with Crippen molar-refractivity contribution in [3.8, 4) is 5.75 Å². The van der Waals surface area contributed by atoms with Crippen molar-refractivity contribution in [2.24, 2.45) is 10.8 Å². The van der Waals surface area contributed by atoms with Crippen LogP contribution in [0.5, 0.6) is 5.75 Å². The number of rotatable bonds is 9. The van der Waals surface area contributed by atoms with Gasteiger partial charge in [0.2, 0.25) is 0 Å². The van der Waals surface area contributed by atoms with Gasteiger partial charge in [-0.2, -0.15) is 21.6 Å². The zero-order valence-electron chi connectivity index (χ0n) is 24.0. The number of carbonyl (C=O) groups excluding carboxylic acids is 1. The first kappa shape index (κ1) is 37.1. The summed E-state index contributed by atoms with van der Waals surface area (Å²) in [6.07, 6.45) is -3.36. The highest BCUT2D eigenvalue weighted by Crippen LogP contribution is 2.40. The molecule has 8 nitrogen and oxygen atoms in total. The zero-order valence-corrected chi connectivity index (χ0v) is 24.8. The molecule has 0 saturated carbocycles. The van der Waals surface area contributed by atoms with Crippen LogP contribution in [0, 0.1) is 10.8 Å². The van der Waals surface area contributed by atoms with Crippen LogP contribution in [0.2, 0.25) is 0 Å². The minimum atomic E-state index is -4.67. The number of carboxylic acid groups (broad SMARTS) is 1. The molecule has 2 unspecified atom stereocenters. The standard InChI is InChI=1S/C14H16O.C8H16O5S.C6H9F3O2/c1-3-10(2)11-4-5-13-9-14(15)7-6-12(13)8-11;1-4-8(2,3)7(9)13-5-6-14(10,11)12;1-3-5(2,4(10)11)6(7,8)9/h4-10,15H,3H2,1-2H3;4-6H2,1-3H3,(H,10,11,12);3H2,1-2H3,(H,10,11). The maximum absolute atomic E-state index is 12.0. The van der Waals surface area contributed by atoms with Crippen molar-refractivity contribution in [3.63, 3.8) is 0 Å². The minimum absolute atomic E-state index is 0.304. The zero-order chi connectivity index (χ0) is 31.5. The Bertz CT molecular complexity index is 1230. The molecule has 0 aliphatic rings. The van der Waals surface area contributed by atoms with Crippen molar-refractivity contribution < 1.29 is 50.7 Å². The average Bonchev–Trinajstić information content (AvgIpc) is 2.86. The van der Waals surface area contributed by atoms with Gasteiger partial charge in [0, 0.05) is 0 Å². The van der Waals surface area contributed by atoms with Gasteiger partial charge in [0.05, 0.1) is 5.41 Å². The molecule has 0 amide bonds. The number of hydrogen-bond donors (Lipinski definition) is 3. The van der Waals surface area contributed by atoms with Gasteiger partial charge in [0.25, 0.3) is 10.1 Å². The van der Waals surface area contributed by atoms with Crippen molar-refractivity contribution in [2.75, 3.05) is 12.4 Å². The number of benzene rings is 2. The monoisotopic (exact) mass is 594 g/mol. The molecular weight excluding hydrogens is 553 g/mol. The van der Waals surface area contributed by atoms with Gasteiger partial charge in [0.1, 0.15) is 18.1 Å². The first-order valence-corrected chi connectivity index (χ1v) is 14.4. The van der Waals surface area contributed by atoms with E-state index in [0.29, 0.717) is 25.0 Å². The lowest BCUT2D eigenvalue weighted by atomic mass is 9.87. The second-order valence-electron chi connectivity index (χ2n) is 10.2. The number of carboxylic acids is 1. The summed E-state index contributed by atoms with van der Waals surface area (Å²) in [6.45, 7) is 11.3. The minimum Gasteiger partial charge on any atom is -0.508 e. The molecule has 0 heterocycles. The van der Waals surface area contributed by atoms with Crippen molar-refractivity contribution in [1.29, 1.82) is 0 Å². The van der Waals surface area contributed by atoms with Crippen LogP contribution >= 0.6 is 0 Å². The van der Waals surface area contributed by atoms with Crippen LogP contribution < -0.4 is 0 Å². The van der Waals surface area contributed by atoms with Crippen LogP contribution in [0.25, 0.3) is 10.8 Å². The fourth-order valence-corrected chi connectivity index (χ4v) is 3.14. The fraction of sp³-hybridized carbons (Fsp3) is 0.571. The number of aromatic hydroxyl groups is 1. The van der Waals surface area contributed by atoms with E-state index in [1.54, 1.807) is 26.0 Å². The van der Waals surface area contributed by atoms with E-state index in [-0.39, 0.29) is 6.61 Å². The van der Waals surface area contributed by atoms with Gasteiger partial charge in [-0.1, -0.05) is 52.0 Å². The second-order valence-corrected chi connectivity index (χ2v) is 11.8. The van der Waals surface area contributed by atoms with Gasteiger partial charge >= 0.3 is 18.1 Å². The summed E-state index contributed by atoms with van der Waals surface area (Å²) in [5.74, 6) is -1.91. The van der Waals surface area contributed by atoms with Gasteiger partial charge in [0.15, 0.2) is 5.41 Å². The highest BCUT2D eigenvalue weighted by Gasteiger charge is 2.55. The van der Waals surface area contributed by atoms with E-state index in [1.807, 2.05) is 13.0 Å². The summed E-state index contributed by atoms with van der Waals surface area (Å²) in [4.78, 5) is 21.5. The van der Waals surface area contributed by atoms with E-state index in [0.717, 1.165) is 11.8 Å². The van der Waals surface area contributed by atoms with E-state index >= 15 is 0 Å². The SMILES string of the molecule is CCC(C)(C(=O)O)C(F)(F)F.CCC(C)(C)C(=O)OCCS(=O)(=O)O.CCC(C)c1ccc2cc(O)ccc2c1. The summed E-state index contributed by atoms with van der Waals surface area (Å²) in [5, 5.41) is 19.9. The highest BCUT2D eigenvalue weighted by atomic mass is 32.2. The van der Waals surface area contributed by atoms with E-state index in [1.165, 1.54) is 17.9 Å². The fourth-order valence-electron chi connectivity index (χ4n) is 2.85. The molecule has 0 aliphatic carbocycles. The van der Waals surface area contributed by atoms with Crippen LogP contribution in [0.4, 0.5) is 13.2 Å². The molecular formula is C28H41F3O8S. The molecule has 0 aliphatic heterocycles. The Kier molecular flexibility index (Phi) is 14.1. The Labute approximate surface area is 234 Å². The third-order valence-electron chi connectivity index (χ3n) is 6.84. The Morgan fingerprint density at radius 2 is 1.48 bits per heavy atom. The molecule has 2 aromatic carbocycles. The Morgan fingerprint density at radius 1 is 0.950 bits per heavy atom. The van der Waals surface area contributed by atoms with Gasteiger partial charge in [-0.3, -0.25) is 14.1 Å². The maximum atomic E-state index is 12.0. The first-order valence-electron chi connectivity index (χ1n) is 12.8. The van der Waals surface area contributed by atoms with Crippen LogP contribution in [0.15, 0.2) is 36.4 Å². The molecule has 40 heavy (non-hydrogen) atoms. The Morgan fingerprint density at radius 3 is 1.88 bits per heavy atom. The molecule has 0 spiro atoms. The second kappa shape index (κ2) is 15.2. The topological polar surface area (TPSA) is 138 Å². The number of hydrogen-bond acceptors (Lipinski definition) is 6. The molecule has 2 aromatic rings. The number of halogens is 3. The van der Waals surface area contributed by atoms with Crippen LogP contribution in [-0.4, -0.2) is 53.7 Å². The predicted molar refractivity (Wildman–Crippen MR) is 148 cm³/mol. The number of fused-ring (bicyclic) bond motifs is 1. The summed E-state index contributed by atoms with van der Waals surface area (Å²) in [7, 11) is -4.05. The van der Waals surface area contributed by atoms with Gasteiger partial charge in [-0.25, -0.2) is 0 Å². The lowest BCUT2D eigenvalue weighted by Gasteiger charge is -2.25. The number of phenolic OH excluding ortho intramolecular Hbond substituents is 1. The lowest BCUT2D eigenvalue weighted by Crippen LogP contribution is -2.41. The summed E-state index contributed by atoms with van der Waals surface area (Å²) in [5.41, 5.74) is -1.85.